The highest BCUT2D eigenvalue weighted by Gasteiger charge is 2.78. The Morgan fingerprint density at radius 3 is 1.94 bits per heavy atom. The topological polar surface area (TPSA) is 127 Å². The Balaban J connectivity index is 1.23. The molecule has 0 saturated carbocycles. The lowest BCUT2D eigenvalue weighted by Gasteiger charge is -2.45. The number of hydrogen-bond acceptors (Lipinski definition) is 8. The van der Waals surface area contributed by atoms with Gasteiger partial charge >= 0.3 is 29.9 Å². The van der Waals surface area contributed by atoms with Crippen molar-refractivity contribution in [3.63, 3.8) is 0 Å². The first kappa shape index (κ1) is 34.2. The van der Waals surface area contributed by atoms with E-state index in [0.717, 1.165) is 34.0 Å². The Hall–Kier alpha value is -3.31. The van der Waals surface area contributed by atoms with Crippen molar-refractivity contribution in [1.29, 1.82) is 0 Å². The second-order valence-corrected chi connectivity index (χ2v) is 16.3. The van der Waals surface area contributed by atoms with E-state index in [-0.39, 0.29) is 5.92 Å². The average Bonchev–Trinajstić information content (AvgIpc) is 3.62. The number of halogens is 6. The van der Waals surface area contributed by atoms with Gasteiger partial charge in [0.15, 0.2) is 0 Å². The van der Waals surface area contributed by atoms with Crippen LogP contribution in [0.15, 0.2) is 48.5 Å². The quantitative estimate of drug-likeness (QED) is 0.242. The van der Waals surface area contributed by atoms with Gasteiger partial charge in [0.25, 0.3) is 10.1 Å². The number of thioether (sulfide) groups is 1. The largest absolute Gasteiger partial charge is 0.459 e. The van der Waals surface area contributed by atoms with Gasteiger partial charge in [0.05, 0.1) is 29.0 Å². The summed E-state index contributed by atoms with van der Waals surface area (Å²) in [6.07, 6.45) is -14.0. The van der Waals surface area contributed by atoms with E-state index < -0.39 is 104 Å². The number of amides is 1. The number of carbonyl (C=O) groups excluding carboxylic acids is 3. The van der Waals surface area contributed by atoms with Gasteiger partial charge in [0.2, 0.25) is 5.91 Å². The van der Waals surface area contributed by atoms with Gasteiger partial charge in [-0.3, -0.25) is 18.9 Å². The molecule has 3 fully saturated rings. The number of rotatable bonds is 7. The zero-order valence-electron chi connectivity index (χ0n) is 25.6. The molecule has 2 aromatic carbocycles. The van der Waals surface area contributed by atoms with Crippen LogP contribution in [-0.4, -0.2) is 88.1 Å². The predicted octanol–water partition coefficient (Wildman–Crippen LogP) is 4.84. The zero-order valence-corrected chi connectivity index (χ0v) is 27.3. The van der Waals surface area contributed by atoms with Crippen molar-refractivity contribution in [3.05, 3.63) is 70.8 Å². The first-order valence-electron chi connectivity index (χ1n) is 15.4. The third-order valence-corrected chi connectivity index (χ3v) is 13.1. The number of nitrogens with zero attached hydrogens (tertiary/aromatic N) is 1. The van der Waals surface area contributed by atoms with Gasteiger partial charge in [-0.2, -0.15) is 34.8 Å². The molecule has 4 bridgehead atoms. The summed E-state index contributed by atoms with van der Waals surface area (Å²) in [6.45, 7) is 3.26. The van der Waals surface area contributed by atoms with Crippen LogP contribution in [0.3, 0.4) is 0 Å². The average molecular weight is 734 g/mol. The molecule has 0 radical (unpaired) electrons. The molecule has 49 heavy (non-hydrogen) atoms. The molecule has 2 aromatic rings. The molecule has 3 aliphatic carbocycles. The number of esters is 2. The Labute approximate surface area is 280 Å². The fraction of sp³-hybridized carbons (Fsp3) is 0.531. The summed E-state index contributed by atoms with van der Waals surface area (Å²) in [5.74, 6) is -11.2. The number of fused-ring (bicyclic) bond motifs is 2. The number of hydrogen-bond donors (Lipinski definition) is 1. The van der Waals surface area contributed by atoms with Crippen molar-refractivity contribution >= 4 is 39.7 Å². The molecule has 17 heteroatoms. The maximum atomic E-state index is 14.2. The third-order valence-electron chi connectivity index (χ3n) is 10.5. The molecule has 8 rings (SSSR count). The van der Waals surface area contributed by atoms with Crippen LogP contribution in [0.4, 0.5) is 26.3 Å². The number of alkyl halides is 6. The molecule has 3 saturated heterocycles. The molecular formula is C32H29F6NO8S2. The van der Waals surface area contributed by atoms with Crippen LogP contribution < -0.4 is 0 Å². The van der Waals surface area contributed by atoms with Gasteiger partial charge in [0.1, 0.15) is 11.9 Å². The first-order chi connectivity index (χ1) is 22.8. The highest BCUT2D eigenvalue weighted by molar-refractivity contribution is 8.01. The number of likely N-dealkylation sites (tertiary alicyclic amines) is 1. The second-order valence-electron chi connectivity index (χ2n) is 13.4. The maximum Gasteiger partial charge on any atom is 0.438 e. The summed E-state index contributed by atoms with van der Waals surface area (Å²) in [6, 6.07) is 13.9. The van der Waals surface area contributed by atoms with Crippen molar-refractivity contribution in [2.24, 2.45) is 17.8 Å². The number of carbonyl (C=O) groups is 3. The van der Waals surface area contributed by atoms with Crippen LogP contribution in [0.5, 0.6) is 0 Å². The Bertz CT molecular complexity index is 1790. The fourth-order valence-electron chi connectivity index (χ4n) is 8.72. The molecule has 6 aliphatic rings. The van der Waals surface area contributed by atoms with Gasteiger partial charge in [0, 0.05) is 23.1 Å². The Kier molecular flexibility index (Phi) is 7.73. The lowest BCUT2D eigenvalue weighted by Crippen LogP contribution is -2.64. The van der Waals surface area contributed by atoms with Gasteiger partial charge in [-0.25, -0.2) is 0 Å². The van der Waals surface area contributed by atoms with Crippen molar-refractivity contribution in [1.82, 2.24) is 4.90 Å². The summed E-state index contributed by atoms with van der Waals surface area (Å²) >= 11 is 0.944. The van der Waals surface area contributed by atoms with E-state index in [1.54, 1.807) is 13.8 Å². The Morgan fingerprint density at radius 1 is 0.918 bits per heavy atom. The normalized spacial score (nSPS) is 31.6. The molecule has 9 nitrogen and oxygen atoms in total. The van der Waals surface area contributed by atoms with E-state index >= 15 is 0 Å². The molecule has 3 aliphatic heterocycles. The minimum Gasteiger partial charge on any atom is -0.459 e. The highest BCUT2D eigenvalue weighted by atomic mass is 32.2. The summed E-state index contributed by atoms with van der Waals surface area (Å²) in [7, 11) is -6.02. The molecule has 7 atom stereocenters. The van der Waals surface area contributed by atoms with Crippen molar-refractivity contribution in [2.75, 3.05) is 5.75 Å². The van der Waals surface area contributed by atoms with Gasteiger partial charge in [-0.05, 0) is 42.5 Å². The minimum absolute atomic E-state index is 0.141. The Morgan fingerprint density at radius 2 is 1.45 bits per heavy atom. The van der Waals surface area contributed by atoms with E-state index in [1.165, 1.54) is 4.90 Å². The summed E-state index contributed by atoms with van der Waals surface area (Å²) in [4.78, 5) is 42.7. The van der Waals surface area contributed by atoms with Crippen LogP contribution >= 0.6 is 11.8 Å². The van der Waals surface area contributed by atoms with Gasteiger partial charge < -0.3 is 14.4 Å². The van der Waals surface area contributed by atoms with Crippen molar-refractivity contribution < 1.29 is 63.2 Å². The lowest BCUT2D eigenvalue weighted by atomic mass is 9.59. The smallest absolute Gasteiger partial charge is 0.438 e. The molecule has 3 heterocycles. The van der Waals surface area contributed by atoms with Crippen molar-refractivity contribution in [2.45, 2.75) is 78.7 Å². The summed E-state index contributed by atoms with van der Waals surface area (Å²) < 4.78 is 127. The third kappa shape index (κ3) is 5.00. The summed E-state index contributed by atoms with van der Waals surface area (Å²) in [5.41, 5.74) is -1.66. The number of benzene rings is 2. The van der Waals surface area contributed by atoms with Crippen LogP contribution in [0.2, 0.25) is 0 Å². The summed E-state index contributed by atoms with van der Waals surface area (Å²) in [5, 5.41) is -2.12. The molecule has 7 unspecified atom stereocenters. The first-order valence-corrected chi connectivity index (χ1v) is 18.0. The molecule has 1 N–H and O–H groups in total. The predicted molar refractivity (Wildman–Crippen MR) is 160 cm³/mol. The van der Waals surface area contributed by atoms with E-state index in [1.807, 2.05) is 48.5 Å². The van der Waals surface area contributed by atoms with Gasteiger partial charge in [-0.1, -0.05) is 48.5 Å². The van der Waals surface area contributed by atoms with E-state index in [9.17, 15) is 49.1 Å². The van der Waals surface area contributed by atoms with E-state index in [4.69, 9.17) is 9.29 Å². The standard InChI is InChI=1S/C32H29F6NO8S2/c1-13(2)39-23-24(46-28(41)19-11-18-14-7-3-5-9-16(14)20(19)17-10-6-4-8-15(17)18)26-22(21(27(39)40)25(23)48-26)29(42)47-30(31(33,34)35,32(36,37)38)12-49(43,44)45/h3-10,13,18-26H,11-12H2,1-2H3,(H,43,44,45). The molecule has 1 amide bonds. The fourth-order valence-corrected chi connectivity index (χ4v) is 11.7. The van der Waals surface area contributed by atoms with Crippen LogP contribution in [0.25, 0.3) is 0 Å². The number of ether oxygens (including phenoxy) is 2. The molecular weight excluding hydrogens is 704 g/mol. The lowest BCUT2D eigenvalue weighted by molar-refractivity contribution is -0.362. The van der Waals surface area contributed by atoms with Crippen LogP contribution in [0, 0.1) is 17.8 Å². The van der Waals surface area contributed by atoms with Gasteiger partial charge in [-0.15, -0.1) is 11.8 Å². The second kappa shape index (κ2) is 11.1. The monoisotopic (exact) mass is 733 g/mol. The SMILES string of the molecule is CC(C)N1C(=O)C2C3SC(C(OC(=O)C4CC5c6ccccc6C4c4ccccc45)C31)C2C(=O)OC(CS(=O)(=O)O)(C(F)(F)F)C(F)(F)F. The van der Waals surface area contributed by atoms with Crippen LogP contribution in [-0.2, 0) is 34.0 Å². The highest BCUT2D eigenvalue weighted by Crippen LogP contribution is 2.62. The molecule has 264 valence electrons. The van der Waals surface area contributed by atoms with Crippen LogP contribution in [0.1, 0.15) is 54.4 Å². The van der Waals surface area contributed by atoms with E-state index in [0.29, 0.717) is 6.42 Å². The van der Waals surface area contributed by atoms with Crippen molar-refractivity contribution in [3.8, 4) is 0 Å². The maximum absolute atomic E-state index is 14.2. The zero-order chi connectivity index (χ0) is 35.6. The molecule has 0 aromatic heterocycles. The minimum atomic E-state index is -6.54. The molecule has 0 spiro atoms. The van der Waals surface area contributed by atoms with E-state index in [2.05, 4.69) is 4.74 Å².